The Morgan fingerprint density at radius 3 is 2.66 bits per heavy atom. The van der Waals surface area contributed by atoms with Crippen molar-refractivity contribution in [2.75, 3.05) is 25.4 Å². The van der Waals surface area contributed by atoms with Crippen LogP contribution in [0.4, 0.5) is 13.2 Å². The number of carbonyl (C=O) groups is 2. The van der Waals surface area contributed by atoms with E-state index in [1.54, 1.807) is 28.0 Å². The van der Waals surface area contributed by atoms with Crippen molar-refractivity contribution in [2.24, 2.45) is 5.92 Å². The standard InChI is InChI=1S/C21H19BrF3N3O3S/c22-17-8-14(21(23,24)25)4-5-16(17)20(30)26-9-13-7-15(11-26)27(10-13)18(29)12-32-19-3-1-2-6-28(19)31/h1-6,8,13,15H,7,9-12H2. The van der Waals surface area contributed by atoms with Gasteiger partial charge in [0.2, 0.25) is 5.91 Å². The summed E-state index contributed by atoms with van der Waals surface area (Å²) in [4.78, 5) is 29.1. The molecule has 2 fully saturated rings. The van der Waals surface area contributed by atoms with Gasteiger partial charge >= 0.3 is 6.18 Å². The number of halogens is 4. The maximum Gasteiger partial charge on any atom is 0.416 e. The molecule has 1 aromatic carbocycles. The van der Waals surface area contributed by atoms with Gasteiger partial charge in [0.15, 0.2) is 6.20 Å². The van der Waals surface area contributed by atoms with Crippen LogP contribution >= 0.6 is 27.7 Å². The Hall–Kier alpha value is -2.27. The molecule has 2 aliphatic heterocycles. The zero-order chi connectivity index (χ0) is 23.0. The van der Waals surface area contributed by atoms with E-state index in [0.717, 1.165) is 18.6 Å². The third-order valence-electron chi connectivity index (χ3n) is 5.68. The number of piperidine rings is 1. The van der Waals surface area contributed by atoms with Gasteiger partial charge in [-0.05, 0) is 64.3 Å². The SMILES string of the molecule is O=C(c1ccc(C(F)(F)F)cc1Br)N1CC2CC(C1)N(C(=O)CSc1cccc[n+]1[O-])C2. The molecule has 2 aliphatic rings. The summed E-state index contributed by atoms with van der Waals surface area (Å²) in [5, 5.41) is 12.2. The van der Waals surface area contributed by atoms with Gasteiger partial charge in [-0.2, -0.15) is 17.9 Å². The average Bonchev–Trinajstić information content (AvgIpc) is 3.05. The lowest BCUT2D eigenvalue weighted by atomic mass is 9.99. The van der Waals surface area contributed by atoms with Crippen LogP contribution in [0, 0.1) is 11.1 Å². The van der Waals surface area contributed by atoms with E-state index in [0.29, 0.717) is 29.4 Å². The van der Waals surface area contributed by atoms with Crippen molar-refractivity contribution < 1.29 is 27.5 Å². The van der Waals surface area contributed by atoms with E-state index >= 15 is 0 Å². The van der Waals surface area contributed by atoms with Gasteiger partial charge in [0.05, 0.1) is 16.9 Å². The van der Waals surface area contributed by atoms with Crippen molar-refractivity contribution in [1.29, 1.82) is 0 Å². The van der Waals surface area contributed by atoms with Crippen LogP contribution in [0.15, 0.2) is 52.1 Å². The number of amides is 2. The Morgan fingerprint density at radius 2 is 1.97 bits per heavy atom. The average molecular weight is 530 g/mol. The number of hydrogen-bond acceptors (Lipinski definition) is 4. The number of likely N-dealkylation sites (tertiary alicyclic amines) is 2. The molecule has 2 saturated heterocycles. The Labute approximate surface area is 195 Å². The minimum atomic E-state index is -4.49. The van der Waals surface area contributed by atoms with Crippen molar-refractivity contribution in [3.63, 3.8) is 0 Å². The number of hydrogen-bond donors (Lipinski definition) is 0. The zero-order valence-corrected chi connectivity index (χ0v) is 19.1. The van der Waals surface area contributed by atoms with Crippen LogP contribution in [0.25, 0.3) is 0 Å². The molecule has 2 aromatic rings. The van der Waals surface area contributed by atoms with Crippen LogP contribution in [0.3, 0.4) is 0 Å². The van der Waals surface area contributed by atoms with Gasteiger partial charge in [0.25, 0.3) is 10.9 Å². The van der Waals surface area contributed by atoms with E-state index in [-0.39, 0.29) is 39.6 Å². The normalized spacial score (nSPS) is 20.5. The van der Waals surface area contributed by atoms with Crippen molar-refractivity contribution >= 4 is 39.5 Å². The molecular weight excluding hydrogens is 511 g/mol. The summed E-state index contributed by atoms with van der Waals surface area (Å²) in [7, 11) is 0. The highest BCUT2D eigenvalue weighted by Crippen LogP contribution is 2.35. The molecule has 11 heteroatoms. The number of thioether (sulfide) groups is 1. The number of rotatable bonds is 4. The van der Waals surface area contributed by atoms with E-state index in [2.05, 4.69) is 15.9 Å². The van der Waals surface area contributed by atoms with Gasteiger partial charge in [-0.25, -0.2) is 0 Å². The van der Waals surface area contributed by atoms with E-state index in [1.165, 1.54) is 24.0 Å². The highest BCUT2D eigenvalue weighted by atomic mass is 79.9. The molecule has 6 nitrogen and oxygen atoms in total. The first kappa shape index (κ1) is 22.9. The highest BCUT2D eigenvalue weighted by molar-refractivity contribution is 9.10. The lowest BCUT2D eigenvalue weighted by Gasteiger charge is -2.33. The van der Waals surface area contributed by atoms with Gasteiger partial charge < -0.3 is 15.0 Å². The molecule has 2 amide bonds. The second-order valence-corrected chi connectivity index (χ2v) is 9.71. The van der Waals surface area contributed by atoms with Crippen LogP contribution in [-0.2, 0) is 11.0 Å². The van der Waals surface area contributed by atoms with E-state index < -0.39 is 11.7 Å². The number of aromatic nitrogens is 1. The molecular formula is C21H19BrF3N3O3S. The fourth-order valence-corrected chi connectivity index (χ4v) is 5.56. The Balaban J connectivity index is 1.41. The lowest BCUT2D eigenvalue weighted by Crippen LogP contribution is -2.46. The summed E-state index contributed by atoms with van der Waals surface area (Å²) in [6, 6.07) is 7.84. The molecule has 2 atom stereocenters. The zero-order valence-electron chi connectivity index (χ0n) is 16.7. The van der Waals surface area contributed by atoms with Crippen LogP contribution in [-0.4, -0.2) is 53.0 Å². The summed E-state index contributed by atoms with van der Waals surface area (Å²) in [5.41, 5.74) is -0.663. The van der Waals surface area contributed by atoms with Crippen molar-refractivity contribution in [3.8, 4) is 0 Å². The molecule has 0 N–H and O–H groups in total. The smallest absolute Gasteiger partial charge is 0.416 e. The predicted molar refractivity (Wildman–Crippen MR) is 115 cm³/mol. The van der Waals surface area contributed by atoms with Crippen LogP contribution in [0.1, 0.15) is 22.3 Å². The van der Waals surface area contributed by atoms with E-state index in [4.69, 9.17) is 0 Å². The topological polar surface area (TPSA) is 67.6 Å². The predicted octanol–water partition coefficient (Wildman–Crippen LogP) is 3.57. The molecule has 170 valence electrons. The Morgan fingerprint density at radius 1 is 1.19 bits per heavy atom. The minimum absolute atomic E-state index is 0.0911. The number of benzene rings is 1. The number of alkyl halides is 3. The summed E-state index contributed by atoms with van der Waals surface area (Å²) >= 11 is 4.26. The molecule has 1 aromatic heterocycles. The molecule has 0 spiro atoms. The summed E-state index contributed by atoms with van der Waals surface area (Å²) < 4.78 is 39.5. The molecule has 0 aliphatic carbocycles. The van der Waals surface area contributed by atoms with Gasteiger partial charge in [0, 0.05) is 42.3 Å². The number of pyridine rings is 1. The highest BCUT2D eigenvalue weighted by Gasteiger charge is 2.42. The third kappa shape index (κ3) is 4.73. The van der Waals surface area contributed by atoms with E-state index in [9.17, 15) is 28.0 Å². The van der Waals surface area contributed by atoms with Gasteiger partial charge in [-0.1, -0.05) is 0 Å². The molecule has 32 heavy (non-hydrogen) atoms. The van der Waals surface area contributed by atoms with Gasteiger partial charge in [-0.3, -0.25) is 9.59 Å². The minimum Gasteiger partial charge on any atom is -0.618 e. The fourth-order valence-electron chi connectivity index (χ4n) is 4.21. The second kappa shape index (κ2) is 8.93. The van der Waals surface area contributed by atoms with Crippen molar-refractivity contribution in [2.45, 2.75) is 23.7 Å². The molecule has 2 unspecified atom stereocenters. The number of nitrogens with zero attached hydrogens (tertiary/aromatic N) is 3. The summed E-state index contributed by atoms with van der Waals surface area (Å²) in [6.07, 6.45) is -2.34. The van der Waals surface area contributed by atoms with E-state index in [1.807, 2.05) is 0 Å². The van der Waals surface area contributed by atoms with Crippen LogP contribution in [0.2, 0.25) is 0 Å². The maximum absolute atomic E-state index is 13.0. The first-order chi connectivity index (χ1) is 15.1. The summed E-state index contributed by atoms with van der Waals surface area (Å²) in [5.74, 6) is -0.230. The molecule has 4 rings (SSSR count). The molecule has 2 bridgehead atoms. The number of carbonyl (C=O) groups excluding carboxylic acids is 2. The largest absolute Gasteiger partial charge is 0.618 e. The Bertz CT molecular complexity index is 1050. The lowest BCUT2D eigenvalue weighted by molar-refractivity contribution is -0.645. The van der Waals surface area contributed by atoms with Gasteiger partial charge in [0.1, 0.15) is 0 Å². The fraction of sp³-hybridized carbons (Fsp3) is 0.381. The quantitative estimate of drug-likeness (QED) is 0.345. The first-order valence-corrected chi connectivity index (χ1v) is 11.7. The van der Waals surface area contributed by atoms with Crippen LogP contribution in [0.5, 0.6) is 0 Å². The molecule has 0 saturated carbocycles. The van der Waals surface area contributed by atoms with Crippen molar-refractivity contribution in [1.82, 2.24) is 9.80 Å². The monoisotopic (exact) mass is 529 g/mol. The summed E-state index contributed by atoms with van der Waals surface area (Å²) in [6.45, 7) is 1.29. The third-order valence-corrected chi connectivity index (χ3v) is 7.34. The second-order valence-electron chi connectivity index (χ2n) is 7.86. The Kier molecular flexibility index (Phi) is 6.39. The first-order valence-electron chi connectivity index (χ1n) is 9.90. The van der Waals surface area contributed by atoms with Gasteiger partial charge in [-0.15, -0.1) is 0 Å². The molecule has 3 heterocycles. The van der Waals surface area contributed by atoms with Crippen molar-refractivity contribution in [3.05, 3.63) is 63.4 Å². The maximum atomic E-state index is 13.0. The van der Waals surface area contributed by atoms with Crippen LogP contribution < -0.4 is 4.73 Å². The number of fused-ring (bicyclic) bond motifs is 2. The molecule has 0 radical (unpaired) electrons.